The van der Waals surface area contributed by atoms with Crippen molar-refractivity contribution in [1.82, 2.24) is 10.2 Å². The number of hydrogen-bond acceptors (Lipinski definition) is 4. The van der Waals surface area contributed by atoms with Crippen molar-refractivity contribution < 1.29 is 18.7 Å². The van der Waals surface area contributed by atoms with E-state index in [4.69, 9.17) is 9.47 Å². The van der Waals surface area contributed by atoms with Gasteiger partial charge in [-0.15, -0.1) is 0 Å². The summed E-state index contributed by atoms with van der Waals surface area (Å²) in [7, 11) is 4.86. The Morgan fingerprint density at radius 3 is 2.83 bits per heavy atom. The molecule has 1 fully saturated rings. The van der Waals surface area contributed by atoms with Gasteiger partial charge < -0.3 is 14.8 Å². The van der Waals surface area contributed by atoms with Gasteiger partial charge in [-0.1, -0.05) is 6.07 Å². The minimum Gasteiger partial charge on any atom is -0.497 e. The summed E-state index contributed by atoms with van der Waals surface area (Å²) in [6.07, 6.45) is 3.00. The van der Waals surface area contributed by atoms with E-state index >= 15 is 0 Å². The first kappa shape index (κ1) is 18.7. The van der Waals surface area contributed by atoms with Crippen LogP contribution in [0.5, 0.6) is 5.75 Å². The lowest BCUT2D eigenvalue weighted by Gasteiger charge is -2.42. The maximum Gasteiger partial charge on any atom is 0.219 e. The first-order valence-electron chi connectivity index (χ1n) is 8.32. The van der Waals surface area contributed by atoms with Crippen LogP contribution >= 0.6 is 0 Å². The molecule has 1 amide bonds. The number of ether oxygens (including phenoxy) is 2. The molecule has 1 saturated heterocycles. The van der Waals surface area contributed by atoms with Gasteiger partial charge in [0.2, 0.25) is 5.91 Å². The molecule has 1 aliphatic heterocycles. The Bertz CT molecular complexity index is 567. The Labute approximate surface area is 143 Å². The zero-order valence-electron chi connectivity index (χ0n) is 14.7. The minimum atomic E-state index is -0.340. The number of methoxy groups -OCH3 is 2. The van der Waals surface area contributed by atoms with Crippen molar-refractivity contribution in [3.8, 4) is 5.75 Å². The van der Waals surface area contributed by atoms with Crippen LogP contribution in [-0.2, 0) is 16.1 Å². The quantitative estimate of drug-likeness (QED) is 0.829. The van der Waals surface area contributed by atoms with Gasteiger partial charge in [-0.25, -0.2) is 4.39 Å². The van der Waals surface area contributed by atoms with Gasteiger partial charge in [-0.05, 0) is 31.9 Å². The highest BCUT2D eigenvalue weighted by Gasteiger charge is 2.35. The van der Waals surface area contributed by atoms with Gasteiger partial charge in [0.25, 0.3) is 0 Å². The Hall–Kier alpha value is -1.66. The number of nitrogens with zero attached hydrogens (tertiary/aromatic N) is 1. The van der Waals surface area contributed by atoms with Crippen molar-refractivity contribution in [3.63, 3.8) is 0 Å². The maximum atomic E-state index is 14.2. The Morgan fingerprint density at radius 2 is 2.21 bits per heavy atom. The number of nitrogens with one attached hydrogen (secondary N) is 1. The smallest absolute Gasteiger partial charge is 0.219 e. The molecule has 1 aromatic rings. The first-order chi connectivity index (χ1) is 11.5. The number of benzene rings is 1. The number of piperidine rings is 1. The Kier molecular flexibility index (Phi) is 6.57. The fraction of sp³-hybridized carbons (Fsp3) is 0.611. The highest BCUT2D eigenvalue weighted by atomic mass is 19.1. The van der Waals surface area contributed by atoms with E-state index in [1.807, 2.05) is 0 Å². The number of amides is 1. The molecule has 1 heterocycles. The van der Waals surface area contributed by atoms with Crippen molar-refractivity contribution >= 4 is 5.91 Å². The Morgan fingerprint density at radius 1 is 1.42 bits per heavy atom. The van der Waals surface area contributed by atoms with Gasteiger partial charge in [-0.2, -0.15) is 0 Å². The van der Waals surface area contributed by atoms with Gasteiger partial charge in [0.15, 0.2) is 0 Å². The lowest BCUT2D eigenvalue weighted by atomic mass is 9.87. The molecule has 5 nitrogen and oxygen atoms in total. The Balaban J connectivity index is 2.02. The van der Waals surface area contributed by atoms with E-state index in [9.17, 15) is 9.18 Å². The fourth-order valence-corrected chi connectivity index (χ4v) is 3.29. The van der Waals surface area contributed by atoms with Crippen LogP contribution in [0.15, 0.2) is 18.2 Å². The molecule has 0 saturated carbocycles. The number of hydrogen-bond donors (Lipinski definition) is 1. The van der Waals surface area contributed by atoms with Gasteiger partial charge in [0.1, 0.15) is 11.6 Å². The molecule has 6 heteroatoms. The molecule has 0 bridgehead atoms. The normalized spacial score (nSPS) is 21.5. The molecule has 134 valence electrons. The summed E-state index contributed by atoms with van der Waals surface area (Å²) < 4.78 is 25.0. The lowest BCUT2D eigenvalue weighted by molar-refractivity contribution is -0.124. The van der Waals surface area contributed by atoms with Crippen molar-refractivity contribution in [2.24, 2.45) is 0 Å². The number of likely N-dealkylation sites (tertiary alicyclic amines) is 1. The molecule has 2 rings (SSSR count). The number of halogens is 1. The average molecular weight is 338 g/mol. The van der Waals surface area contributed by atoms with Gasteiger partial charge in [-0.3, -0.25) is 9.69 Å². The summed E-state index contributed by atoms with van der Waals surface area (Å²) in [4.78, 5) is 13.7. The second kappa shape index (κ2) is 8.44. The van der Waals surface area contributed by atoms with E-state index < -0.39 is 0 Å². The summed E-state index contributed by atoms with van der Waals surface area (Å²) in [5.74, 6) is 0.282. The van der Waals surface area contributed by atoms with Gasteiger partial charge in [0, 0.05) is 45.3 Å². The zero-order valence-corrected chi connectivity index (χ0v) is 14.7. The van der Waals surface area contributed by atoms with E-state index in [1.54, 1.807) is 26.3 Å². The SMILES string of the molecule is CNC(=O)CC[C@@]1(OC)CCCN(Cc2ccc(OC)cc2F)C1. The molecule has 0 radical (unpaired) electrons. The third kappa shape index (κ3) is 4.68. The predicted molar refractivity (Wildman–Crippen MR) is 90.5 cm³/mol. The third-order valence-electron chi connectivity index (χ3n) is 4.79. The zero-order chi connectivity index (χ0) is 17.6. The van der Waals surface area contributed by atoms with Crippen molar-refractivity contribution in [1.29, 1.82) is 0 Å². The first-order valence-corrected chi connectivity index (χ1v) is 8.32. The van der Waals surface area contributed by atoms with Crippen molar-refractivity contribution in [2.45, 2.75) is 37.8 Å². The minimum absolute atomic E-state index is 0.0183. The number of carbonyl (C=O) groups excluding carboxylic acids is 1. The van der Waals surface area contributed by atoms with Crippen molar-refractivity contribution in [3.05, 3.63) is 29.6 Å². The topological polar surface area (TPSA) is 50.8 Å². The monoisotopic (exact) mass is 338 g/mol. The molecule has 0 spiro atoms. The molecule has 0 aromatic heterocycles. The lowest BCUT2D eigenvalue weighted by Crippen LogP contribution is -2.49. The van der Waals surface area contributed by atoms with Crippen LogP contribution in [-0.4, -0.2) is 50.8 Å². The maximum absolute atomic E-state index is 14.2. The highest BCUT2D eigenvalue weighted by Crippen LogP contribution is 2.30. The van der Waals surface area contributed by atoms with Crippen LogP contribution in [0, 0.1) is 5.82 Å². The average Bonchev–Trinajstić information content (AvgIpc) is 2.61. The van der Waals surface area contributed by atoms with Crippen LogP contribution in [0.4, 0.5) is 4.39 Å². The van der Waals surface area contributed by atoms with Crippen molar-refractivity contribution in [2.75, 3.05) is 34.4 Å². The number of carbonyl (C=O) groups is 1. The molecule has 0 unspecified atom stereocenters. The molecule has 1 N–H and O–H groups in total. The largest absolute Gasteiger partial charge is 0.497 e. The van der Waals surface area contributed by atoms with E-state index in [0.717, 1.165) is 19.4 Å². The molecule has 1 aromatic carbocycles. The summed E-state index contributed by atoms with van der Waals surface area (Å²) >= 11 is 0. The molecule has 0 aliphatic carbocycles. The second-order valence-corrected chi connectivity index (χ2v) is 6.33. The molecule has 1 atom stereocenters. The van der Waals surface area contributed by atoms with E-state index in [2.05, 4.69) is 10.2 Å². The third-order valence-corrected chi connectivity index (χ3v) is 4.79. The summed E-state index contributed by atoms with van der Waals surface area (Å²) in [5.41, 5.74) is 0.308. The highest BCUT2D eigenvalue weighted by molar-refractivity contribution is 5.75. The summed E-state index contributed by atoms with van der Waals surface area (Å²) in [6.45, 7) is 2.13. The van der Waals surface area contributed by atoms with Crippen LogP contribution in [0.25, 0.3) is 0 Å². The van der Waals surface area contributed by atoms with Gasteiger partial charge in [0.05, 0.1) is 12.7 Å². The predicted octanol–water partition coefficient (Wildman–Crippen LogP) is 2.34. The van der Waals surface area contributed by atoms with Gasteiger partial charge >= 0.3 is 0 Å². The van der Waals surface area contributed by atoms with Crippen LogP contribution in [0.2, 0.25) is 0 Å². The standard InChI is InChI=1S/C18H27FN2O3/c1-20-17(22)7-9-18(24-3)8-4-10-21(13-18)12-14-5-6-15(23-2)11-16(14)19/h5-6,11H,4,7-10,12-13H2,1-3H3,(H,20,22)/t18-/m0/s1. The van der Waals surface area contributed by atoms with Crippen LogP contribution in [0.1, 0.15) is 31.2 Å². The second-order valence-electron chi connectivity index (χ2n) is 6.33. The van der Waals surface area contributed by atoms with Crippen LogP contribution in [0.3, 0.4) is 0 Å². The molecular formula is C18H27FN2O3. The molecule has 1 aliphatic rings. The van der Waals surface area contributed by atoms with Crippen LogP contribution < -0.4 is 10.1 Å². The summed E-state index contributed by atoms with van der Waals surface area (Å²) in [6, 6.07) is 4.95. The fourth-order valence-electron chi connectivity index (χ4n) is 3.29. The molecular weight excluding hydrogens is 311 g/mol. The van der Waals surface area contributed by atoms with E-state index in [1.165, 1.54) is 13.2 Å². The van der Waals surface area contributed by atoms with E-state index in [0.29, 0.717) is 37.2 Å². The summed E-state index contributed by atoms with van der Waals surface area (Å²) in [5, 5.41) is 2.65. The molecule has 24 heavy (non-hydrogen) atoms. The number of rotatable bonds is 7. The van der Waals surface area contributed by atoms with E-state index in [-0.39, 0.29) is 17.3 Å².